The van der Waals surface area contributed by atoms with Crippen LogP contribution >= 0.6 is 46.6 Å². The molecule has 2 aliphatic heterocycles. The highest BCUT2D eigenvalue weighted by molar-refractivity contribution is 8.18. The number of benzene rings is 3. The number of halogens is 3. The van der Waals surface area contributed by atoms with Crippen LogP contribution in [0.5, 0.6) is 23.0 Å². The predicted molar refractivity (Wildman–Crippen MR) is 147 cm³/mol. The summed E-state index contributed by atoms with van der Waals surface area (Å²) in [5, 5.41) is 0.908. The topological polar surface area (TPSA) is 74.3 Å². The van der Waals surface area contributed by atoms with E-state index in [1.54, 1.807) is 42.5 Å². The lowest BCUT2D eigenvalue weighted by atomic mass is 10.1. The van der Waals surface area contributed by atoms with Gasteiger partial charge in [0, 0.05) is 16.1 Å². The molecule has 2 amide bonds. The zero-order valence-electron chi connectivity index (χ0n) is 20.0. The SMILES string of the molecule is CCOc1cc(/C=C2\SC(=O)N(Cc3cc4c(cc3Cl)OCO4)C2=O)cc(Cl)c1OCc1ccc(Cl)cc1. The molecule has 196 valence electrons. The highest BCUT2D eigenvalue weighted by atomic mass is 35.5. The van der Waals surface area contributed by atoms with E-state index in [0.717, 1.165) is 22.2 Å². The molecule has 1 fully saturated rings. The van der Waals surface area contributed by atoms with E-state index in [1.165, 1.54) is 0 Å². The van der Waals surface area contributed by atoms with Crippen molar-refractivity contribution in [1.82, 2.24) is 4.90 Å². The third-order valence-electron chi connectivity index (χ3n) is 5.67. The first kappa shape index (κ1) is 26.6. The summed E-state index contributed by atoms with van der Waals surface area (Å²) in [6.07, 6.45) is 1.60. The van der Waals surface area contributed by atoms with Crippen molar-refractivity contribution >= 4 is 63.8 Å². The van der Waals surface area contributed by atoms with Crippen molar-refractivity contribution in [1.29, 1.82) is 0 Å². The number of carbonyl (C=O) groups is 2. The molecule has 0 atom stereocenters. The van der Waals surface area contributed by atoms with Crippen molar-refractivity contribution in [3.63, 3.8) is 0 Å². The molecule has 0 bridgehead atoms. The van der Waals surface area contributed by atoms with Gasteiger partial charge in [-0.2, -0.15) is 0 Å². The second-order valence-electron chi connectivity index (χ2n) is 8.24. The van der Waals surface area contributed by atoms with Gasteiger partial charge in [-0.25, -0.2) is 0 Å². The Labute approximate surface area is 238 Å². The maximum atomic E-state index is 13.1. The lowest BCUT2D eigenvalue weighted by Crippen LogP contribution is -2.27. The first-order valence-corrected chi connectivity index (χ1v) is 13.4. The summed E-state index contributed by atoms with van der Waals surface area (Å²) in [5.74, 6) is 1.40. The normalized spacial score (nSPS) is 15.5. The lowest BCUT2D eigenvalue weighted by molar-refractivity contribution is -0.123. The number of hydrogen-bond donors (Lipinski definition) is 0. The zero-order chi connectivity index (χ0) is 26.8. The van der Waals surface area contributed by atoms with Crippen LogP contribution in [0.3, 0.4) is 0 Å². The van der Waals surface area contributed by atoms with Crippen molar-refractivity contribution in [3.8, 4) is 23.0 Å². The molecular formula is C27H20Cl3NO6S. The summed E-state index contributed by atoms with van der Waals surface area (Å²) < 4.78 is 22.4. The summed E-state index contributed by atoms with van der Waals surface area (Å²) in [5.41, 5.74) is 2.07. The van der Waals surface area contributed by atoms with Gasteiger partial charge >= 0.3 is 0 Å². The van der Waals surface area contributed by atoms with Gasteiger partial charge in [-0.15, -0.1) is 0 Å². The standard InChI is InChI=1S/C27H20Cl3NO6S/c1-2-34-23-8-16(7-20(30)25(23)35-13-15-3-5-18(28)6-4-15)9-24-26(32)31(27(33)38-24)12-17-10-21-22(11-19(17)29)37-14-36-21/h3-11H,2,12-14H2,1H3/b24-9-. The zero-order valence-corrected chi connectivity index (χ0v) is 23.0. The van der Waals surface area contributed by atoms with Gasteiger partial charge in [0.2, 0.25) is 6.79 Å². The van der Waals surface area contributed by atoms with Crippen LogP contribution in [0.4, 0.5) is 4.79 Å². The van der Waals surface area contributed by atoms with Gasteiger partial charge in [0.25, 0.3) is 11.1 Å². The van der Waals surface area contributed by atoms with E-state index in [9.17, 15) is 9.59 Å². The van der Waals surface area contributed by atoms with Crippen molar-refractivity contribution < 1.29 is 28.5 Å². The lowest BCUT2D eigenvalue weighted by Gasteiger charge is -2.15. The summed E-state index contributed by atoms with van der Waals surface area (Å²) in [6, 6.07) is 13.9. The molecule has 2 heterocycles. The number of carbonyl (C=O) groups excluding carboxylic acids is 2. The quantitative estimate of drug-likeness (QED) is 0.250. The fourth-order valence-electron chi connectivity index (χ4n) is 3.85. The fraction of sp³-hybridized carbons (Fsp3) is 0.185. The molecule has 0 saturated carbocycles. The van der Waals surface area contributed by atoms with E-state index in [-0.39, 0.29) is 24.8 Å². The molecule has 0 unspecified atom stereocenters. The maximum absolute atomic E-state index is 13.1. The molecule has 2 aliphatic rings. The van der Waals surface area contributed by atoms with Crippen LogP contribution in [0.15, 0.2) is 53.4 Å². The Balaban J connectivity index is 1.35. The molecule has 1 saturated heterocycles. The minimum Gasteiger partial charge on any atom is -0.490 e. The third kappa shape index (κ3) is 5.68. The molecule has 3 aromatic carbocycles. The van der Waals surface area contributed by atoms with Gasteiger partial charge in [0.1, 0.15) is 6.61 Å². The number of ether oxygens (including phenoxy) is 4. The van der Waals surface area contributed by atoms with Crippen molar-refractivity contribution in [2.24, 2.45) is 0 Å². The number of imide groups is 1. The van der Waals surface area contributed by atoms with Crippen LogP contribution in [0.1, 0.15) is 23.6 Å². The number of thioether (sulfide) groups is 1. The largest absolute Gasteiger partial charge is 0.490 e. The molecule has 0 aliphatic carbocycles. The Bertz CT molecular complexity index is 1440. The second-order valence-corrected chi connectivity index (χ2v) is 10.5. The summed E-state index contributed by atoms with van der Waals surface area (Å²) in [4.78, 5) is 27.2. The van der Waals surface area contributed by atoms with Crippen LogP contribution < -0.4 is 18.9 Å². The molecule has 3 aromatic rings. The maximum Gasteiger partial charge on any atom is 0.293 e. The van der Waals surface area contributed by atoms with Crippen molar-refractivity contribution in [3.05, 3.63) is 85.2 Å². The molecular weight excluding hydrogens is 573 g/mol. The van der Waals surface area contributed by atoms with Gasteiger partial charge in [0.05, 0.1) is 23.1 Å². The van der Waals surface area contributed by atoms with E-state index < -0.39 is 11.1 Å². The molecule has 7 nitrogen and oxygen atoms in total. The summed E-state index contributed by atoms with van der Waals surface area (Å²) in [7, 11) is 0. The van der Waals surface area contributed by atoms with Gasteiger partial charge < -0.3 is 18.9 Å². The Kier molecular flexibility index (Phi) is 7.95. The Morgan fingerprint density at radius 2 is 1.71 bits per heavy atom. The Morgan fingerprint density at radius 1 is 0.974 bits per heavy atom. The highest BCUT2D eigenvalue weighted by Gasteiger charge is 2.36. The minimum absolute atomic E-state index is 0.0000914. The minimum atomic E-state index is -0.439. The van der Waals surface area contributed by atoms with Crippen molar-refractivity contribution in [2.45, 2.75) is 20.1 Å². The molecule has 0 N–H and O–H groups in total. The first-order chi connectivity index (χ1) is 18.3. The smallest absolute Gasteiger partial charge is 0.293 e. The number of amides is 2. The van der Waals surface area contributed by atoms with Crippen LogP contribution in [0.25, 0.3) is 6.08 Å². The Hall–Kier alpha value is -3.04. The molecule has 38 heavy (non-hydrogen) atoms. The van der Waals surface area contributed by atoms with Crippen molar-refractivity contribution in [2.75, 3.05) is 13.4 Å². The van der Waals surface area contributed by atoms with Gasteiger partial charge in [-0.1, -0.05) is 46.9 Å². The molecule has 0 aromatic heterocycles. The highest BCUT2D eigenvalue weighted by Crippen LogP contribution is 2.41. The fourth-order valence-corrected chi connectivity index (χ4v) is 5.30. The monoisotopic (exact) mass is 591 g/mol. The van der Waals surface area contributed by atoms with E-state index in [1.807, 2.05) is 19.1 Å². The van der Waals surface area contributed by atoms with Crippen LogP contribution in [-0.2, 0) is 17.9 Å². The van der Waals surface area contributed by atoms with Crippen LogP contribution in [0.2, 0.25) is 15.1 Å². The van der Waals surface area contributed by atoms with Crippen LogP contribution in [0, 0.1) is 0 Å². The van der Waals surface area contributed by atoms with E-state index in [0.29, 0.717) is 55.8 Å². The summed E-state index contributed by atoms with van der Waals surface area (Å²) in [6.45, 7) is 2.58. The molecule has 11 heteroatoms. The van der Waals surface area contributed by atoms with Gasteiger partial charge in [-0.05, 0) is 71.8 Å². The third-order valence-corrected chi connectivity index (χ3v) is 7.46. The van der Waals surface area contributed by atoms with Gasteiger partial charge in [0.15, 0.2) is 23.0 Å². The number of nitrogens with zero attached hydrogens (tertiary/aromatic N) is 1. The Morgan fingerprint density at radius 3 is 2.45 bits per heavy atom. The molecule has 0 spiro atoms. The van der Waals surface area contributed by atoms with E-state index >= 15 is 0 Å². The number of hydrogen-bond acceptors (Lipinski definition) is 7. The van der Waals surface area contributed by atoms with E-state index in [4.69, 9.17) is 53.8 Å². The first-order valence-electron chi connectivity index (χ1n) is 11.5. The predicted octanol–water partition coefficient (Wildman–Crippen LogP) is 7.59. The summed E-state index contributed by atoms with van der Waals surface area (Å²) >= 11 is 19.7. The number of rotatable bonds is 8. The van der Waals surface area contributed by atoms with Crippen LogP contribution in [-0.4, -0.2) is 29.4 Å². The van der Waals surface area contributed by atoms with Gasteiger partial charge in [-0.3, -0.25) is 14.5 Å². The molecule has 5 rings (SSSR count). The molecule has 0 radical (unpaired) electrons. The number of fused-ring (bicyclic) bond motifs is 1. The second kappa shape index (κ2) is 11.4. The average Bonchev–Trinajstić information content (AvgIpc) is 3.44. The average molecular weight is 593 g/mol. The van der Waals surface area contributed by atoms with E-state index in [2.05, 4.69) is 0 Å².